The van der Waals surface area contributed by atoms with E-state index in [9.17, 15) is 14.4 Å². The van der Waals surface area contributed by atoms with Crippen LogP contribution in [0.4, 0.5) is 5.69 Å². The number of carbonyl (C=O) groups is 3. The molecule has 0 saturated carbocycles. The minimum absolute atomic E-state index is 0.0176. The minimum Gasteiger partial charge on any atom is -0.464 e. The number of hydrogen-bond acceptors (Lipinski definition) is 4. The van der Waals surface area contributed by atoms with Crippen LogP contribution in [0, 0.1) is 0 Å². The molecule has 6 nitrogen and oxygen atoms in total. The smallest absolute Gasteiger partial charge is 0.330 e. The van der Waals surface area contributed by atoms with E-state index < -0.39 is 23.8 Å². The van der Waals surface area contributed by atoms with Gasteiger partial charge in [0.25, 0.3) is 0 Å². The van der Waals surface area contributed by atoms with Gasteiger partial charge in [-0.15, -0.1) is 0 Å². The lowest BCUT2D eigenvalue weighted by molar-refractivity contribution is -0.149. The quantitative estimate of drug-likeness (QED) is 0.659. The summed E-state index contributed by atoms with van der Waals surface area (Å²) in [6.45, 7) is 1.89. The number of esters is 1. The molecule has 1 heterocycles. The highest BCUT2D eigenvalue weighted by Gasteiger charge is 2.37. The van der Waals surface area contributed by atoms with E-state index in [2.05, 4.69) is 5.32 Å². The average molecular weight is 297 g/mol. The first-order chi connectivity index (χ1) is 9.52. The lowest BCUT2D eigenvalue weighted by atomic mass is 10.1. The van der Waals surface area contributed by atoms with Gasteiger partial charge in [-0.1, -0.05) is 17.7 Å². The van der Waals surface area contributed by atoms with Gasteiger partial charge < -0.3 is 15.0 Å². The summed E-state index contributed by atoms with van der Waals surface area (Å²) in [6.07, 6.45) is 0. The summed E-state index contributed by atoms with van der Waals surface area (Å²) in [5.41, 5.74) is 0.464. The van der Waals surface area contributed by atoms with Crippen LogP contribution in [0.15, 0.2) is 24.3 Å². The molecule has 20 heavy (non-hydrogen) atoms. The maximum absolute atomic E-state index is 11.9. The molecule has 1 atom stereocenters. The third-order valence-electron chi connectivity index (χ3n) is 2.80. The van der Waals surface area contributed by atoms with Crippen LogP contribution in [0.5, 0.6) is 0 Å². The van der Waals surface area contributed by atoms with Crippen molar-refractivity contribution in [1.29, 1.82) is 0 Å². The molecule has 1 fully saturated rings. The van der Waals surface area contributed by atoms with Crippen LogP contribution in [-0.2, 0) is 19.1 Å². The van der Waals surface area contributed by atoms with Crippen molar-refractivity contribution in [2.24, 2.45) is 0 Å². The zero-order valence-corrected chi connectivity index (χ0v) is 11.5. The molecular formula is C13H13ClN2O4. The van der Waals surface area contributed by atoms with Crippen LogP contribution in [-0.4, -0.2) is 37.0 Å². The van der Waals surface area contributed by atoms with Crippen molar-refractivity contribution in [3.05, 3.63) is 29.3 Å². The number of benzene rings is 1. The Labute approximate surface area is 120 Å². The molecule has 1 aromatic carbocycles. The maximum atomic E-state index is 11.9. The maximum Gasteiger partial charge on any atom is 0.330 e. The Balaban J connectivity index is 2.25. The third kappa shape index (κ3) is 2.91. The van der Waals surface area contributed by atoms with E-state index in [1.54, 1.807) is 31.2 Å². The lowest BCUT2D eigenvalue weighted by Gasteiger charge is -2.31. The zero-order chi connectivity index (χ0) is 14.7. The first-order valence-corrected chi connectivity index (χ1v) is 6.45. The second-order valence-electron chi connectivity index (χ2n) is 4.17. The molecule has 1 N–H and O–H groups in total. The molecule has 1 saturated heterocycles. The first-order valence-electron chi connectivity index (χ1n) is 6.07. The van der Waals surface area contributed by atoms with Crippen LogP contribution < -0.4 is 10.2 Å². The number of nitrogens with one attached hydrogen (secondary N) is 1. The van der Waals surface area contributed by atoms with Crippen molar-refractivity contribution >= 4 is 35.1 Å². The molecule has 2 amide bonds. The second-order valence-corrected chi connectivity index (χ2v) is 4.61. The van der Waals surface area contributed by atoms with Crippen molar-refractivity contribution in [3.63, 3.8) is 0 Å². The number of hydrogen-bond donors (Lipinski definition) is 1. The van der Waals surface area contributed by atoms with Gasteiger partial charge in [-0.3, -0.25) is 9.59 Å². The fourth-order valence-corrected chi connectivity index (χ4v) is 2.08. The summed E-state index contributed by atoms with van der Waals surface area (Å²) in [7, 11) is 0. The summed E-state index contributed by atoms with van der Waals surface area (Å²) >= 11 is 5.87. The van der Waals surface area contributed by atoms with Crippen molar-refractivity contribution in [3.8, 4) is 0 Å². The highest BCUT2D eigenvalue weighted by molar-refractivity contribution is 6.41. The van der Waals surface area contributed by atoms with Crippen molar-refractivity contribution in [2.75, 3.05) is 18.1 Å². The molecule has 2 rings (SSSR count). The lowest BCUT2D eigenvalue weighted by Crippen LogP contribution is -2.60. The Kier molecular flexibility index (Phi) is 4.24. The predicted molar refractivity (Wildman–Crippen MR) is 72.4 cm³/mol. The van der Waals surface area contributed by atoms with Crippen LogP contribution >= 0.6 is 11.6 Å². The van der Waals surface area contributed by atoms with Gasteiger partial charge in [-0.25, -0.2) is 4.79 Å². The number of anilines is 1. The Morgan fingerprint density at radius 1 is 1.50 bits per heavy atom. The number of halogens is 1. The molecule has 0 spiro atoms. The fourth-order valence-electron chi connectivity index (χ4n) is 1.90. The molecule has 0 aromatic heterocycles. The standard InChI is InChI=1S/C13H13ClN2O4/c1-2-20-13(19)10-7-16(12(18)11(17)15-10)9-5-3-4-8(14)6-9/h3-6,10H,2,7H2,1H3,(H,15,17). The van der Waals surface area contributed by atoms with Gasteiger partial charge in [0.2, 0.25) is 0 Å². The Morgan fingerprint density at radius 3 is 2.90 bits per heavy atom. The van der Waals surface area contributed by atoms with Gasteiger partial charge in [-0.2, -0.15) is 0 Å². The van der Waals surface area contributed by atoms with Gasteiger partial charge in [0.15, 0.2) is 0 Å². The van der Waals surface area contributed by atoms with Gasteiger partial charge in [0, 0.05) is 10.7 Å². The van der Waals surface area contributed by atoms with E-state index in [1.165, 1.54) is 4.90 Å². The zero-order valence-electron chi connectivity index (χ0n) is 10.8. The van der Waals surface area contributed by atoms with Crippen molar-refractivity contribution in [2.45, 2.75) is 13.0 Å². The van der Waals surface area contributed by atoms with E-state index in [4.69, 9.17) is 16.3 Å². The number of ether oxygens (including phenoxy) is 1. The Morgan fingerprint density at radius 2 is 2.25 bits per heavy atom. The average Bonchev–Trinajstić information content (AvgIpc) is 2.42. The monoisotopic (exact) mass is 296 g/mol. The molecule has 7 heteroatoms. The number of piperazine rings is 1. The fraction of sp³-hybridized carbons (Fsp3) is 0.308. The van der Waals surface area contributed by atoms with Gasteiger partial charge in [0.05, 0.1) is 13.2 Å². The topological polar surface area (TPSA) is 75.7 Å². The summed E-state index contributed by atoms with van der Waals surface area (Å²) in [4.78, 5) is 36.4. The summed E-state index contributed by atoms with van der Waals surface area (Å²) in [5, 5.41) is 2.77. The molecule has 0 radical (unpaired) electrons. The minimum atomic E-state index is -0.876. The normalized spacial score (nSPS) is 18.7. The number of nitrogens with zero attached hydrogens (tertiary/aromatic N) is 1. The van der Waals surface area contributed by atoms with E-state index >= 15 is 0 Å². The first kappa shape index (κ1) is 14.3. The van der Waals surface area contributed by atoms with E-state index in [1.807, 2.05) is 0 Å². The number of rotatable bonds is 3. The third-order valence-corrected chi connectivity index (χ3v) is 3.04. The Hall–Kier alpha value is -2.08. The van der Waals surface area contributed by atoms with Gasteiger partial charge >= 0.3 is 17.8 Å². The van der Waals surface area contributed by atoms with Crippen LogP contribution in [0.1, 0.15) is 6.92 Å². The largest absolute Gasteiger partial charge is 0.464 e. The van der Waals surface area contributed by atoms with Crippen molar-refractivity contribution < 1.29 is 19.1 Å². The van der Waals surface area contributed by atoms with Crippen LogP contribution in [0.2, 0.25) is 5.02 Å². The highest BCUT2D eigenvalue weighted by Crippen LogP contribution is 2.21. The predicted octanol–water partition coefficient (Wildman–Crippen LogP) is 0.734. The molecule has 1 aliphatic rings. The summed E-state index contributed by atoms with van der Waals surface area (Å²) in [5.74, 6) is -2.14. The van der Waals surface area contributed by atoms with Crippen LogP contribution in [0.25, 0.3) is 0 Å². The number of amides is 2. The van der Waals surface area contributed by atoms with Gasteiger partial charge in [0.1, 0.15) is 6.04 Å². The molecule has 106 valence electrons. The molecule has 1 aliphatic heterocycles. The van der Waals surface area contributed by atoms with E-state index in [0.717, 1.165) is 0 Å². The molecule has 1 unspecified atom stereocenters. The molecule has 1 aromatic rings. The number of carbonyl (C=O) groups excluding carboxylic acids is 3. The SMILES string of the molecule is CCOC(=O)C1CN(c2cccc(Cl)c2)C(=O)C(=O)N1. The summed E-state index contributed by atoms with van der Waals surface area (Å²) < 4.78 is 4.86. The second kappa shape index (κ2) is 5.92. The van der Waals surface area contributed by atoms with E-state index in [0.29, 0.717) is 10.7 Å². The van der Waals surface area contributed by atoms with Crippen molar-refractivity contribution in [1.82, 2.24) is 5.32 Å². The molecule has 0 bridgehead atoms. The van der Waals surface area contributed by atoms with E-state index in [-0.39, 0.29) is 13.2 Å². The van der Waals surface area contributed by atoms with Crippen LogP contribution in [0.3, 0.4) is 0 Å². The Bertz CT molecular complexity index is 561. The van der Waals surface area contributed by atoms with Gasteiger partial charge in [-0.05, 0) is 25.1 Å². The molecule has 0 aliphatic carbocycles. The highest BCUT2D eigenvalue weighted by atomic mass is 35.5. The molecular weight excluding hydrogens is 284 g/mol. The summed E-state index contributed by atoms with van der Waals surface area (Å²) in [6, 6.07) is 5.64.